The van der Waals surface area contributed by atoms with E-state index in [-0.39, 0.29) is 5.75 Å². The average Bonchev–Trinajstić information content (AvgIpc) is 2.88. The maximum Gasteiger partial charge on any atom is 0.231 e. The van der Waals surface area contributed by atoms with Crippen LogP contribution in [0.5, 0.6) is 5.75 Å². The van der Waals surface area contributed by atoms with Crippen molar-refractivity contribution >= 4 is 0 Å². The van der Waals surface area contributed by atoms with Gasteiger partial charge in [0, 0.05) is 6.20 Å². The number of hydrogen-bond acceptors (Lipinski definition) is 6. The number of benzene rings is 1. The lowest BCUT2D eigenvalue weighted by Gasteiger charge is -1.96. The van der Waals surface area contributed by atoms with Crippen LogP contribution in [0.25, 0.3) is 11.5 Å². The van der Waals surface area contributed by atoms with Gasteiger partial charge in [0.15, 0.2) is 0 Å². The van der Waals surface area contributed by atoms with Gasteiger partial charge < -0.3 is 9.63 Å². The van der Waals surface area contributed by atoms with Crippen LogP contribution in [0.3, 0.4) is 0 Å². The van der Waals surface area contributed by atoms with E-state index in [1.165, 1.54) is 6.33 Å². The summed E-state index contributed by atoms with van der Waals surface area (Å²) in [5.41, 5.74) is 1.51. The molecule has 0 bridgehead atoms. The van der Waals surface area contributed by atoms with Crippen LogP contribution < -0.4 is 0 Å². The van der Waals surface area contributed by atoms with Crippen LogP contribution in [0.2, 0.25) is 0 Å². The zero-order valence-corrected chi connectivity index (χ0v) is 9.89. The SMILES string of the molecule is Oc1cccc(Cc2nc(-c3ccncn3)no2)c1. The lowest BCUT2D eigenvalue weighted by Crippen LogP contribution is -1.89. The number of nitrogens with zero attached hydrogens (tertiary/aromatic N) is 4. The molecule has 0 aliphatic heterocycles. The number of phenolic OH excluding ortho intramolecular Hbond substituents is 1. The third-order valence-electron chi connectivity index (χ3n) is 2.55. The van der Waals surface area contributed by atoms with Crippen molar-refractivity contribution in [2.75, 3.05) is 0 Å². The number of phenols is 1. The highest BCUT2D eigenvalue weighted by Gasteiger charge is 2.10. The fourth-order valence-corrected chi connectivity index (χ4v) is 1.69. The summed E-state index contributed by atoms with van der Waals surface area (Å²) in [6.45, 7) is 0. The molecule has 0 aliphatic carbocycles. The Kier molecular flexibility index (Phi) is 2.89. The highest BCUT2D eigenvalue weighted by molar-refractivity contribution is 5.46. The molecular formula is C13H10N4O2. The molecule has 3 aromatic rings. The fraction of sp³-hybridized carbons (Fsp3) is 0.0769. The van der Waals surface area contributed by atoms with Gasteiger partial charge in [-0.3, -0.25) is 0 Å². The van der Waals surface area contributed by atoms with Crippen molar-refractivity contribution in [2.45, 2.75) is 6.42 Å². The monoisotopic (exact) mass is 254 g/mol. The molecule has 0 fully saturated rings. The Morgan fingerprint density at radius 3 is 2.95 bits per heavy atom. The van der Waals surface area contributed by atoms with E-state index in [1.54, 1.807) is 30.5 Å². The van der Waals surface area contributed by atoms with Gasteiger partial charge in [0.05, 0.1) is 6.42 Å². The molecule has 0 saturated heterocycles. The molecule has 3 rings (SSSR count). The van der Waals surface area contributed by atoms with Gasteiger partial charge in [-0.25, -0.2) is 9.97 Å². The highest BCUT2D eigenvalue weighted by atomic mass is 16.5. The second kappa shape index (κ2) is 4.85. The number of aromatic nitrogens is 4. The molecule has 1 aromatic carbocycles. The van der Waals surface area contributed by atoms with Crippen LogP contribution in [-0.2, 0) is 6.42 Å². The first kappa shape index (κ1) is 11.3. The van der Waals surface area contributed by atoms with Crippen molar-refractivity contribution in [1.82, 2.24) is 20.1 Å². The molecule has 0 atom stereocenters. The van der Waals surface area contributed by atoms with Crippen LogP contribution in [0, 0.1) is 0 Å². The molecule has 19 heavy (non-hydrogen) atoms. The second-order valence-electron chi connectivity index (χ2n) is 3.95. The van der Waals surface area contributed by atoms with E-state index >= 15 is 0 Å². The minimum Gasteiger partial charge on any atom is -0.508 e. The van der Waals surface area contributed by atoms with Gasteiger partial charge in [-0.1, -0.05) is 17.3 Å². The molecule has 2 heterocycles. The van der Waals surface area contributed by atoms with E-state index in [9.17, 15) is 5.11 Å². The zero-order chi connectivity index (χ0) is 13.1. The van der Waals surface area contributed by atoms with Crippen molar-refractivity contribution in [2.24, 2.45) is 0 Å². The molecular weight excluding hydrogens is 244 g/mol. The Morgan fingerprint density at radius 1 is 1.21 bits per heavy atom. The standard InChI is InChI=1S/C13H10N4O2/c18-10-3-1-2-9(6-10)7-12-16-13(17-19-12)11-4-5-14-8-15-11/h1-6,8,18H,7H2. The van der Waals surface area contributed by atoms with Gasteiger partial charge in [0.1, 0.15) is 17.8 Å². The molecule has 6 nitrogen and oxygen atoms in total. The van der Waals surface area contributed by atoms with Crippen molar-refractivity contribution in [3.05, 3.63) is 54.3 Å². The molecule has 1 N–H and O–H groups in total. The second-order valence-corrected chi connectivity index (χ2v) is 3.95. The smallest absolute Gasteiger partial charge is 0.231 e. The Balaban J connectivity index is 1.82. The van der Waals surface area contributed by atoms with Gasteiger partial charge in [0.2, 0.25) is 11.7 Å². The molecule has 6 heteroatoms. The van der Waals surface area contributed by atoms with E-state index in [1.807, 2.05) is 6.07 Å². The van der Waals surface area contributed by atoms with Crippen LogP contribution in [0.1, 0.15) is 11.5 Å². The number of hydrogen-bond donors (Lipinski definition) is 1. The lowest BCUT2D eigenvalue weighted by atomic mass is 10.1. The van der Waals surface area contributed by atoms with Crippen LogP contribution >= 0.6 is 0 Å². The van der Waals surface area contributed by atoms with Gasteiger partial charge in [-0.2, -0.15) is 4.98 Å². The summed E-state index contributed by atoms with van der Waals surface area (Å²) in [4.78, 5) is 12.1. The predicted molar refractivity (Wildman–Crippen MR) is 66.2 cm³/mol. The van der Waals surface area contributed by atoms with Crippen LogP contribution in [0.4, 0.5) is 0 Å². The first-order valence-corrected chi connectivity index (χ1v) is 5.68. The molecule has 0 radical (unpaired) electrons. The molecule has 94 valence electrons. The fourth-order valence-electron chi connectivity index (χ4n) is 1.69. The van der Waals surface area contributed by atoms with Gasteiger partial charge in [-0.15, -0.1) is 0 Å². The van der Waals surface area contributed by atoms with E-state index in [4.69, 9.17) is 4.52 Å². The Labute approximate surface area is 108 Å². The summed E-state index contributed by atoms with van der Waals surface area (Å²) in [6.07, 6.45) is 3.51. The van der Waals surface area contributed by atoms with E-state index in [0.29, 0.717) is 23.8 Å². The quantitative estimate of drug-likeness (QED) is 0.767. The van der Waals surface area contributed by atoms with Crippen LogP contribution in [-0.4, -0.2) is 25.2 Å². The van der Waals surface area contributed by atoms with Gasteiger partial charge >= 0.3 is 0 Å². The number of aromatic hydroxyl groups is 1. The normalized spacial score (nSPS) is 10.5. The van der Waals surface area contributed by atoms with E-state index < -0.39 is 0 Å². The molecule has 2 aromatic heterocycles. The average molecular weight is 254 g/mol. The minimum atomic E-state index is 0.216. The van der Waals surface area contributed by atoms with Crippen molar-refractivity contribution in [1.29, 1.82) is 0 Å². The van der Waals surface area contributed by atoms with E-state index in [0.717, 1.165) is 5.56 Å². The van der Waals surface area contributed by atoms with Crippen molar-refractivity contribution in [3.63, 3.8) is 0 Å². The van der Waals surface area contributed by atoms with Gasteiger partial charge in [0.25, 0.3) is 0 Å². The maximum absolute atomic E-state index is 9.39. The van der Waals surface area contributed by atoms with Crippen LogP contribution in [0.15, 0.2) is 47.4 Å². The zero-order valence-electron chi connectivity index (χ0n) is 9.89. The summed E-state index contributed by atoms with van der Waals surface area (Å²) in [7, 11) is 0. The molecule has 0 amide bonds. The highest BCUT2D eigenvalue weighted by Crippen LogP contribution is 2.16. The summed E-state index contributed by atoms with van der Waals surface area (Å²) < 4.78 is 5.16. The maximum atomic E-state index is 9.39. The third-order valence-corrected chi connectivity index (χ3v) is 2.55. The van der Waals surface area contributed by atoms with Crippen molar-refractivity contribution < 1.29 is 9.63 Å². The topological polar surface area (TPSA) is 84.9 Å². The van der Waals surface area contributed by atoms with Crippen molar-refractivity contribution in [3.8, 4) is 17.3 Å². The van der Waals surface area contributed by atoms with Gasteiger partial charge in [-0.05, 0) is 23.8 Å². The Morgan fingerprint density at radius 2 is 2.16 bits per heavy atom. The lowest BCUT2D eigenvalue weighted by molar-refractivity contribution is 0.385. The largest absolute Gasteiger partial charge is 0.508 e. The first-order valence-electron chi connectivity index (χ1n) is 5.68. The summed E-state index contributed by atoms with van der Waals surface area (Å²) in [5.74, 6) is 1.12. The number of rotatable bonds is 3. The summed E-state index contributed by atoms with van der Waals surface area (Å²) in [5, 5.41) is 13.3. The Hall–Kier alpha value is -2.76. The molecule has 0 spiro atoms. The van der Waals surface area contributed by atoms with E-state index in [2.05, 4.69) is 20.1 Å². The minimum absolute atomic E-state index is 0.216. The Bertz CT molecular complexity index is 682. The first-order chi connectivity index (χ1) is 9.31. The predicted octanol–water partition coefficient (Wildman–Crippen LogP) is 1.82. The molecule has 0 saturated carbocycles. The summed E-state index contributed by atoms with van der Waals surface area (Å²) >= 11 is 0. The molecule has 0 unspecified atom stereocenters. The molecule has 0 aliphatic rings. The third kappa shape index (κ3) is 2.57. The summed E-state index contributed by atoms with van der Waals surface area (Å²) in [6, 6.07) is 8.64.